The monoisotopic (exact) mass is 730 g/mol. The van der Waals surface area contributed by atoms with E-state index in [2.05, 4.69) is 77.0 Å². The third kappa shape index (κ3) is 8.62. The van der Waals surface area contributed by atoms with Crippen molar-refractivity contribution in [3.05, 3.63) is 122 Å². The van der Waals surface area contributed by atoms with E-state index in [1.807, 2.05) is 110 Å². The van der Waals surface area contributed by atoms with Gasteiger partial charge in [-0.3, -0.25) is 8.42 Å². The van der Waals surface area contributed by atoms with Gasteiger partial charge in [-0.05, 0) is 22.3 Å². The highest BCUT2D eigenvalue weighted by molar-refractivity contribution is 7.79. The second-order valence-corrected chi connectivity index (χ2v) is 12.5. The van der Waals surface area contributed by atoms with Gasteiger partial charge in [-0.2, -0.15) is 0 Å². The molecule has 0 aliphatic rings. The number of aromatic amines is 2. The van der Waals surface area contributed by atoms with Crippen molar-refractivity contribution in [1.29, 1.82) is 0 Å². The first-order valence-electron chi connectivity index (χ1n) is 16.1. The number of rotatable bonds is 6. The predicted molar refractivity (Wildman–Crippen MR) is 195 cm³/mol. The molecule has 0 unspecified atom stereocenters. The smallest absolute Gasteiger partial charge is 0.403 e. The summed E-state index contributed by atoms with van der Waals surface area (Å²) in [6, 6.07) is 36.6. The molecule has 0 fully saturated rings. The number of para-hydroxylation sites is 2. The van der Waals surface area contributed by atoms with E-state index < -0.39 is 10.4 Å². The van der Waals surface area contributed by atoms with Crippen LogP contribution in [0.2, 0.25) is 0 Å². The highest BCUT2D eigenvalue weighted by atomic mass is 32.3. The van der Waals surface area contributed by atoms with Gasteiger partial charge in [0, 0.05) is 53.6 Å². The number of benzene rings is 4. The number of hydrogen-bond acceptors (Lipinski definition) is 10. The Balaban J connectivity index is 0.000000161. The Morgan fingerprint density at radius 3 is 1.25 bits per heavy atom. The highest BCUT2D eigenvalue weighted by Gasteiger charge is 2.18. The van der Waals surface area contributed by atoms with Gasteiger partial charge in [-0.15, -0.1) is 9.36 Å². The highest BCUT2D eigenvalue weighted by Crippen LogP contribution is 2.39. The first kappa shape index (κ1) is 36.1. The normalized spacial score (nSPS) is 11.6. The summed E-state index contributed by atoms with van der Waals surface area (Å²) in [5.41, 5.74) is 7.83. The quantitative estimate of drug-likeness (QED) is 0.0871. The minimum atomic E-state index is -5.17. The molecule has 0 radical (unpaired) electrons. The van der Waals surface area contributed by atoms with Crippen molar-refractivity contribution in [3.8, 4) is 22.5 Å². The Bertz CT molecular complexity index is 2440. The van der Waals surface area contributed by atoms with Crippen LogP contribution in [-0.2, 0) is 38.6 Å². The lowest BCUT2D eigenvalue weighted by molar-refractivity contribution is -0.659. The SMILES string of the molecule is Cn1nc[n+](C)c1N=Nc1c(-c2ccccc2)[nH]c2ccccc12.Cn1nc[n+](C)c1N=Nc1c(-c2ccccc2)[nH]c2ccccc12.O=S(=O)([O-])[O-]. The molecule has 16 nitrogen and oxygen atoms in total. The van der Waals surface area contributed by atoms with Gasteiger partial charge in [-0.25, -0.2) is 9.13 Å². The molecule has 53 heavy (non-hydrogen) atoms. The van der Waals surface area contributed by atoms with Gasteiger partial charge in [0.1, 0.15) is 11.4 Å². The van der Waals surface area contributed by atoms with E-state index in [0.29, 0.717) is 11.9 Å². The number of nitrogens with one attached hydrogen (secondary N) is 2. The molecule has 0 bridgehead atoms. The number of hydrogen-bond donors (Lipinski definition) is 2. The number of fused-ring (bicyclic) bond motifs is 2. The summed E-state index contributed by atoms with van der Waals surface area (Å²) in [5.74, 6) is 1.36. The zero-order valence-electron chi connectivity index (χ0n) is 29.1. The fourth-order valence-electron chi connectivity index (χ4n) is 5.52. The molecule has 2 N–H and O–H groups in total. The van der Waals surface area contributed by atoms with Crippen LogP contribution in [0.1, 0.15) is 0 Å². The lowest BCUT2D eigenvalue weighted by atomic mass is 10.1. The molecule has 4 heterocycles. The van der Waals surface area contributed by atoms with Crippen molar-refractivity contribution >= 4 is 55.5 Å². The average molecular weight is 731 g/mol. The molecule has 8 aromatic rings. The van der Waals surface area contributed by atoms with E-state index in [1.165, 1.54) is 0 Å². The van der Waals surface area contributed by atoms with Crippen molar-refractivity contribution in [3.63, 3.8) is 0 Å². The van der Waals surface area contributed by atoms with Gasteiger partial charge in [0.2, 0.25) is 12.7 Å². The lowest BCUT2D eigenvalue weighted by Gasteiger charge is -2.06. The Labute approximate surface area is 304 Å². The fourth-order valence-corrected chi connectivity index (χ4v) is 5.52. The Morgan fingerprint density at radius 2 is 0.906 bits per heavy atom. The molecular weight excluding hydrogens is 697 g/mol. The average Bonchev–Trinajstić information content (AvgIpc) is 3.89. The van der Waals surface area contributed by atoms with Gasteiger partial charge >= 0.3 is 11.9 Å². The topological polar surface area (TPSA) is 205 Å². The first-order chi connectivity index (χ1) is 25.5. The van der Waals surface area contributed by atoms with E-state index >= 15 is 0 Å². The van der Waals surface area contributed by atoms with Crippen molar-refractivity contribution in [2.24, 2.45) is 48.6 Å². The standard InChI is InChI=1S/2C18H16N6.H2O4S/c2*1-23-12-19-24(2)18(23)22-21-17-14-10-6-7-11-15(14)20-16(17)13-8-4-3-5-9-13;1-5(2,3)4/h2*3-12H,1-2H3;(H2,1,2,3,4). The van der Waals surface area contributed by atoms with Crippen LogP contribution in [-0.4, -0.2) is 47.1 Å². The van der Waals surface area contributed by atoms with Crippen LogP contribution in [0.4, 0.5) is 23.3 Å². The van der Waals surface area contributed by atoms with Gasteiger partial charge in [0.15, 0.2) is 0 Å². The summed E-state index contributed by atoms with van der Waals surface area (Å²) >= 11 is 0. The van der Waals surface area contributed by atoms with E-state index in [0.717, 1.165) is 55.7 Å². The summed E-state index contributed by atoms with van der Waals surface area (Å²) in [6.07, 6.45) is 3.42. The second kappa shape index (κ2) is 15.7. The van der Waals surface area contributed by atoms with Crippen LogP contribution in [0.25, 0.3) is 44.3 Å². The molecule has 4 aromatic heterocycles. The van der Waals surface area contributed by atoms with Crippen LogP contribution >= 0.6 is 0 Å². The Hall–Kier alpha value is -6.69. The molecular formula is C36H34N12O4S. The molecule has 0 aliphatic heterocycles. The molecule has 268 valence electrons. The van der Waals surface area contributed by atoms with Crippen molar-refractivity contribution in [2.45, 2.75) is 0 Å². The molecule has 0 atom stereocenters. The number of aryl methyl sites for hydroxylation is 4. The van der Waals surface area contributed by atoms with Gasteiger partial charge in [-0.1, -0.05) is 107 Å². The summed E-state index contributed by atoms with van der Waals surface area (Å²) < 4.78 is 41.1. The van der Waals surface area contributed by atoms with Crippen LogP contribution in [0.3, 0.4) is 0 Å². The molecule has 0 spiro atoms. The van der Waals surface area contributed by atoms with Crippen LogP contribution in [0.5, 0.6) is 0 Å². The first-order valence-corrected chi connectivity index (χ1v) is 17.4. The zero-order chi connectivity index (χ0) is 37.5. The summed E-state index contributed by atoms with van der Waals surface area (Å²) in [5, 5.41) is 28.4. The lowest BCUT2D eigenvalue weighted by Crippen LogP contribution is -2.25. The third-order valence-electron chi connectivity index (χ3n) is 7.97. The maximum atomic E-state index is 8.52. The minimum absolute atomic E-state index is 0.680. The molecule has 8 rings (SSSR count). The van der Waals surface area contributed by atoms with Crippen molar-refractivity contribution in [2.75, 3.05) is 0 Å². The number of aromatic nitrogens is 8. The maximum absolute atomic E-state index is 8.52. The Morgan fingerprint density at radius 1 is 0.566 bits per heavy atom. The summed E-state index contributed by atoms with van der Waals surface area (Å²) in [4.78, 5) is 6.91. The third-order valence-corrected chi connectivity index (χ3v) is 7.97. The van der Waals surface area contributed by atoms with E-state index in [4.69, 9.17) is 17.5 Å². The molecule has 0 saturated carbocycles. The zero-order valence-corrected chi connectivity index (χ0v) is 29.9. The van der Waals surface area contributed by atoms with E-state index in [9.17, 15) is 0 Å². The molecule has 0 amide bonds. The Kier molecular flexibility index (Phi) is 10.7. The van der Waals surface area contributed by atoms with E-state index in [1.54, 1.807) is 22.0 Å². The van der Waals surface area contributed by atoms with Crippen LogP contribution in [0.15, 0.2) is 142 Å². The number of azo groups is 2. The van der Waals surface area contributed by atoms with Crippen LogP contribution < -0.4 is 9.13 Å². The number of nitrogens with zero attached hydrogens (tertiary/aromatic N) is 10. The fraction of sp³-hybridized carbons (Fsp3) is 0.111. The summed E-state index contributed by atoms with van der Waals surface area (Å²) in [7, 11) is 2.33. The van der Waals surface area contributed by atoms with Gasteiger partial charge in [0.05, 0.1) is 39.6 Å². The molecule has 17 heteroatoms. The molecule has 4 aromatic carbocycles. The maximum Gasteiger partial charge on any atom is 0.403 e. The minimum Gasteiger partial charge on any atom is -0.759 e. The number of H-pyrrole nitrogens is 2. The molecule has 0 saturated heterocycles. The van der Waals surface area contributed by atoms with Crippen molar-refractivity contribution < 1.29 is 26.7 Å². The van der Waals surface area contributed by atoms with Crippen molar-refractivity contribution in [1.82, 2.24) is 29.5 Å². The van der Waals surface area contributed by atoms with Gasteiger partial charge in [0.25, 0.3) is 0 Å². The largest absolute Gasteiger partial charge is 0.759 e. The second-order valence-electron chi connectivity index (χ2n) is 11.7. The summed E-state index contributed by atoms with van der Waals surface area (Å²) in [6.45, 7) is 0. The van der Waals surface area contributed by atoms with Crippen LogP contribution in [0, 0.1) is 0 Å². The molecule has 0 aliphatic carbocycles. The van der Waals surface area contributed by atoms with Gasteiger partial charge < -0.3 is 19.1 Å². The predicted octanol–water partition coefficient (Wildman–Crippen LogP) is 6.28. The van der Waals surface area contributed by atoms with E-state index in [-0.39, 0.29) is 0 Å².